The van der Waals surface area contributed by atoms with Gasteiger partial charge in [0.1, 0.15) is 11.6 Å². The Morgan fingerprint density at radius 3 is 2.24 bits per heavy atom. The molecule has 9 nitrogen and oxygen atoms in total. The average molecular weight is 516 g/mol. The molecule has 2 N–H and O–H groups in total. The van der Waals surface area contributed by atoms with Crippen molar-refractivity contribution in [1.29, 1.82) is 0 Å². The fraction of sp³-hybridized carbons (Fsp3) is 0.448. The van der Waals surface area contributed by atoms with E-state index in [2.05, 4.69) is 41.3 Å². The molecule has 1 saturated heterocycles. The van der Waals surface area contributed by atoms with Gasteiger partial charge in [0.15, 0.2) is 0 Å². The number of nitrogens with zero attached hydrogens (tertiary/aromatic N) is 5. The largest absolute Gasteiger partial charge is 0.353 e. The summed E-state index contributed by atoms with van der Waals surface area (Å²) in [5.41, 5.74) is 4.34. The Labute approximate surface area is 224 Å². The number of piperazine rings is 1. The maximum atomic E-state index is 13.0. The molecule has 2 aliphatic rings. The summed E-state index contributed by atoms with van der Waals surface area (Å²) in [4.78, 5) is 34.2. The molecule has 3 amide bonds. The molecule has 1 aliphatic heterocycles. The molecule has 5 rings (SSSR count). The van der Waals surface area contributed by atoms with Crippen LogP contribution >= 0.6 is 0 Å². The van der Waals surface area contributed by atoms with Crippen molar-refractivity contribution in [3.63, 3.8) is 0 Å². The van der Waals surface area contributed by atoms with Crippen molar-refractivity contribution in [2.24, 2.45) is 5.92 Å². The lowest BCUT2D eigenvalue weighted by Gasteiger charge is -2.36. The normalized spacial score (nSPS) is 15.9. The molecule has 2 aromatic heterocycles. The van der Waals surface area contributed by atoms with Crippen LogP contribution in [0.1, 0.15) is 50.4 Å². The Kier molecular flexibility index (Phi) is 6.86. The number of urea groups is 1. The average Bonchev–Trinajstić information content (AvgIpc) is 3.64. The van der Waals surface area contributed by atoms with Crippen molar-refractivity contribution in [2.45, 2.75) is 52.9 Å². The summed E-state index contributed by atoms with van der Waals surface area (Å²) in [7, 11) is 0. The smallest absolute Gasteiger partial charge is 0.324 e. The van der Waals surface area contributed by atoms with Crippen LogP contribution in [-0.2, 0) is 10.2 Å². The highest BCUT2D eigenvalue weighted by Crippen LogP contribution is 2.32. The molecule has 0 atom stereocenters. The van der Waals surface area contributed by atoms with Crippen LogP contribution in [0.2, 0.25) is 0 Å². The van der Waals surface area contributed by atoms with Crippen molar-refractivity contribution in [1.82, 2.24) is 19.7 Å². The third-order valence-corrected chi connectivity index (χ3v) is 7.12. The van der Waals surface area contributed by atoms with E-state index in [1.54, 1.807) is 10.9 Å². The summed E-state index contributed by atoms with van der Waals surface area (Å²) in [6.07, 6.45) is 3.75. The number of carbonyl (C=O) groups is 2. The molecule has 3 aromatic rings. The molecule has 1 aromatic carbocycles. The molecular formula is C29H37N7O2. The van der Waals surface area contributed by atoms with E-state index >= 15 is 0 Å². The van der Waals surface area contributed by atoms with Gasteiger partial charge < -0.3 is 15.1 Å². The van der Waals surface area contributed by atoms with E-state index in [0.29, 0.717) is 17.4 Å². The van der Waals surface area contributed by atoms with E-state index in [1.807, 2.05) is 55.1 Å². The molecular weight excluding hydrogens is 478 g/mol. The second kappa shape index (κ2) is 10.1. The van der Waals surface area contributed by atoms with Crippen LogP contribution in [0.25, 0.3) is 5.69 Å². The third-order valence-electron chi connectivity index (χ3n) is 7.12. The Morgan fingerprint density at radius 1 is 0.947 bits per heavy atom. The number of nitrogens with one attached hydrogen (secondary N) is 2. The number of aromatic nitrogens is 3. The van der Waals surface area contributed by atoms with Gasteiger partial charge in [0.25, 0.3) is 0 Å². The quantitative estimate of drug-likeness (QED) is 0.505. The fourth-order valence-corrected chi connectivity index (χ4v) is 4.69. The standard InChI is InChI=1S/C29H37N7O2/c1-19-6-10-23(11-7-19)36-25(17-24(33-36)29(3,4)5)32-28(38)31-22-16-20(2)26(30-18-22)34-12-14-35(15-13-34)27(37)21-8-9-21/h6-7,10-11,16-18,21H,8-9,12-15H2,1-5H3,(H2,31,32,38). The zero-order valence-corrected chi connectivity index (χ0v) is 22.9. The molecule has 1 saturated carbocycles. The summed E-state index contributed by atoms with van der Waals surface area (Å²) in [5.74, 6) is 2.05. The number of pyridine rings is 1. The third kappa shape index (κ3) is 5.66. The molecule has 0 unspecified atom stereocenters. The summed E-state index contributed by atoms with van der Waals surface area (Å²) in [6, 6.07) is 11.5. The lowest BCUT2D eigenvalue weighted by atomic mass is 9.92. The van der Waals surface area contributed by atoms with Gasteiger partial charge >= 0.3 is 6.03 Å². The number of carbonyl (C=O) groups excluding carboxylic acids is 2. The first kappa shape index (κ1) is 25.8. The zero-order chi connectivity index (χ0) is 27.0. The SMILES string of the molecule is Cc1ccc(-n2nc(C(C)(C)C)cc2NC(=O)Nc2cnc(N3CCN(C(=O)C4CC4)CC3)c(C)c2)cc1. The number of rotatable bonds is 5. The highest BCUT2D eigenvalue weighted by molar-refractivity contribution is 5.99. The minimum atomic E-state index is -0.361. The highest BCUT2D eigenvalue weighted by atomic mass is 16.2. The lowest BCUT2D eigenvalue weighted by molar-refractivity contribution is -0.132. The van der Waals surface area contributed by atoms with Crippen LogP contribution in [0.4, 0.5) is 22.1 Å². The molecule has 1 aliphatic carbocycles. The van der Waals surface area contributed by atoms with E-state index in [-0.39, 0.29) is 17.4 Å². The molecule has 2 fully saturated rings. The van der Waals surface area contributed by atoms with Crippen LogP contribution in [0.15, 0.2) is 42.6 Å². The number of benzene rings is 1. The van der Waals surface area contributed by atoms with Crippen molar-refractivity contribution in [2.75, 3.05) is 41.7 Å². The minimum Gasteiger partial charge on any atom is -0.353 e. The lowest BCUT2D eigenvalue weighted by Crippen LogP contribution is -2.49. The van der Waals surface area contributed by atoms with Gasteiger partial charge in [-0.05, 0) is 50.5 Å². The van der Waals surface area contributed by atoms with Crippen LogP contribution in [0.5, 0.6) is 0 Å². The van der Waals surface area contributed by atoms with Gasteiger partial charge in [-0.3, -0.25) is 10.1 Å². The maximum absolute atomic E-state index is 13.0. The zero-order valence-electron chi connectivity index (χ0n) is 22.9. The van der Waals surface area contributed by atoms with E-state index in [4.69, 9.17) is 5.10 Å². The molecule has 38 heavy (non-hydrogen) atoms. The Balaban J connectivity index is 1.26. The predicted octanol–water partition coefficient (Wildman–Crippen LogP) is 4.88. The van der Waals surface area contributed by atoms with Gasteiger partial charge in [-0.2, -0.15) is 5.10 Å². The van der Waals surface area contributed by atoms with E-state index < -0.39 is 0 Å². The van der Waals surface area contributed by atoms with Crippen molar-refractivity contribution in [3.05, 3.63) is 59.4 Å². The molecule has 0 spiro atoms. The Morgan fingerprint density at radius 2 is 1.63 bits per heavy atom. The van der Waals surface area contributed by atoms with Gasteiger partial charge in [-0.15, -0.1) is 0 Å². The Bertz CT molecular complexity index is 1330. The van der Waals surface area contributed by atoms with Gasteiger partial charge in [-0.25, -0.2) is 14.5 Å². The molecule has 0 bridgehead atoms. The number of hydrogen-bond donors (Lipinski definition) is 2. The Hall–Kier alpha value is -3.88. The van der Waals surface area contributed by atoms with Gasteiger partial charge in [0, 0.05) is 43.6 Å². The van der Waals surface area contributed by atoms with Crippen LogP contribution in [0, 0.1) is 19.8 Å². The number of hydrogen-bond acceptors (Lipinski definition) is 5. The summed E-state index contributed by atoms with van der Waals surface area (Å²) in [6.45, 7) is 13.3. The topological polar surface area (TPSA) is 95.4 Å². The monoisotopic (exact) mass is 515 g/mol. The van der Waals surface area contributed by atoms with E-state index in [9.17, 15) is 9.59 Å². The number of aryl methyl sites for hydroxylation is 2. The van der Waals surface area contributed by atoms with Crippen LogP contribution < -0.4 is 15.5 Å². The highest BCUT2D eigenvalue weighted by Gasteiger charge is 2.34. The second-order valence-electron chi connectivity index (χ2n) is 11.4. The second-order valence-corrected chi connectivity index (χ2v) is 11.4. The summed E-state index contributed by atoms with van der Waals surface area (Å²) >= 11 is 0. The van der Waals surface area contributed by atoms with E-state index in [1.165, 1.54) is 0 Å². The minimum absolute atomic E-state index is 0.170. The summed E-state index contributed by atoms with van der Waals surface area (Å²) < 4.78 is 1.76. The van der Waals surface area contributed by atoms with Gasteiger partial charge in [0.2, 0.25) is 5.91 Å². The van der Waals surface area contributed by atoms with Crippen LogP contribution in [0.3, 0.4) is 0 Å². The van der Waals surface area contributed by atoms with Crippen molar-refractivity contribution < 1.29 is 9.59 Å². The molecule has 200 valence electrons. The van der Waals surface area contributed by atoms with Crippen molar-refractivity contribution in [3.8, 4) is 5.69 Å². The maximum Gasteiger partial charge on any atom is 0.324 e. The number of anilines is 3. The predicted molar refractivity (Wildman–Crippen MR) is 150 cm³/mol. The fourth-order valence-electron chi connectivity index (χ4n) is 4.69. The molecule has 3 heterocycles. The first-order chi connectivity index (χ1) is 18.1. The number of amides is 3. The van der Waals surface area contributed by atoms with E-state index in [0.717, 1.165) is 67.3 Å². The molecule has 9 heteroatoms. The van der Waals surface area contributed by atoms with Crippen LogP contribution in [-0.4, -0.2) is 57.8 Å². The van der Waals surface area contributed by atoms with Gasteiger partial charge in [-0.1, -0.05) is 38.5 Å². The van der Waals surface area contributed by atoms with Crippen molar-refractivity contribution >= 4 is 29.3 Å². The first-order valence-corrected chi connectivity index (χ1v) is 13.3. The summed E-state index contributed by atoms with van der Waals surface area (Å²) in [5, 5.41) is 10.7. The molecule has 0 radical (unpaired) electrons. The first-order valence-electron chi connectivity index (χ1n) is 13.3. The van der Waals surface area contributed by atoms with Gasteiger partial charge in [0.05, 0.1) is 23.3 Å².